The third-order valence-electron chi connectivity index (χ3n) is 3.50. The van der Waals surface area contributed by atoms with E-state index in [-0.39, 0.29) is 18.9 Å². The molecule has 2 N–H and O–H groups in total. The van der Waals surface area contributed by atoms with Gasteiger partial charge in [0.05, 0.1) is 11.8 Å². The van der Waals surface area contributed by atoms with Gasteiger partial charge in [0.25, 0.3) is 5.91 Å². The minimum atomic E-state index is -0.871. The number of anilines is 1. The van der Waals surface area contributed by atoms with Crippen molar-refractivity contribution in [3.05, 3.63) is 23.8 Å². The molecule has 6 heteroatoms. The summed E-state index contributed by atoms with van der Waals surface area (Å²) in [7, 11) is 0. The summed E-state index contributed by atoms with van der Waals surface area (Å²) >= 11 is 0. The van der Waals surface area contributed by atoms with E-state index in [4.69, 9.17) is 9.84 Å². The van der Waals surface area contributed by atoms with Crippen LogP contribution in [0.2, 0.25) is 0 Å². The fourth-order valence-corrected chi connectivity index (χ4v) is 2.39. The van der Waals surface area contributed by atoms with Crippen LogP contribution in [0.1, 0.15) is 37.9 Å². The molecule has 1 heterocycles. The Morgan fingerprint density at radius 3 is 2.90 bits per heavy atom. The second-order valence-corrected chi connectivity index (χ2v) is 4.96. The second kappa shape index (κ2) is 6.58. The lowest BCUT2D eigenvalue weighted by Gasteiger charge is -2.29. The first-order valence-electron chi connectivity index (χ1n) is 7.00. The summed E-state index contributed by atoms with van der Waals surface area (Å²) in [5, 5.41) is 18.7. The van der Waals surface area contributed by atoms with Gasteiger partial charge >= 0.3 is 5.97 Å². The first-order chi connectivity index (χ1) is 10.0. The number of hydrogen-bond donors (Lipinski definition) is 2. The Labute approximate surface area is 122 Å². The lowest BCUT2D eigenvalue weighted by Crippen LogP contribution is -2.38. The van der Waals surface area contributed by atoms with Gasteiger partial charge in [-0.25, -0.2) is 0 Å². The van der Waals surface area contributed by atoms with Gasteiger partial charge in [-0.3, -0.25) is 9.59 Å². The van der Waals surface area contributed by atoms with E-state index in [1.165, 1.54) is 0 Å². The van der Waals surface area contributed by atoms with Crippen LogP contribution in [0.25, 0.3) is 0 Å². The van der Waals surface area contributed by atoms with Crippen LogP contribution < -0.4 is 9.64 Å². The number of carbonyl (C=O) groups excluding carboxylic acids is 1. The Balaban J connectivity index is 2.13. The number of aliphatic hydroxyl groups excluding tert-OH is 1. The number of nitrogens with zero attached hydrogens (tertiary/aromatic N) is 1. The molecule has 1 aliphatic rings. The number of aliphatic carboxylic acids is 1. The standard InChI is InChI=1S/C15H19NO5/c1-2-16-11-8-10(12(17)4-3-5-15(19)20)6-7-13(11)21-9-14(16)18/h6-8,12,17H,2-5,9H2,1H3,(H,19,20). The normalized spacial score (nSPS) is 15.3. The van der Waals surface area contributed by atoms with E-state index < -0.39 is 12.1 Å². The zero-order chi connectivity index (χ0) is 15.4. The highest BCUT2D eigenvalue weighted by Gasteiger charge is 2.25. The number of carbonyl (C=O) groups is 2. The number of rotatable bonds is 6. The van der Waals surface area contributed by atoms with Gasteiger partial charge in [-0.1, -0.05) is 6.07 Å². The Morgan fingerprint density at radius 1 is 1.48 bits per heavy atom. The minimum absolute atomic E-state index is 0.0291. The van der Waals surface area contributed by atoms with Crippen LogP contribution in [0.15, 0.2) is 18.2 Å². The molecule has 0 saturated carbocycles. The van der Waals surface area contributed by atoms with E-state index in [9.17, 15) is 14.7 Å². The average molecular weight is 293 g/mol. The molecule has 6 nitrogen and oxygen atoms in total. The molecule has 2 rings (SSSR count). The van der Waals surface area contributed by atoms with Gasteiger partial charge in [0.2, 0.25) is 0 Å². The molecule has 0 spiro atoms. The maximum absolute atomic E-state index is 11.8. The van der Waals surface area contributed by atoms with Crippen molar-refractivity contribution < 1.29 is 24.5 Å². The van der Waals surface area contributed by atoms with Crippen molar-refractivity contribution in [2.45, 2.75) is 32.3 Å². The number of carboxylic acid groups (broad SMARTS) is 1. The fourth-order valence-electron chi connectivity index (χ4n) is 2.39. The summed E-state index contributed by atoms with van der Waals surface area (Å²) < 4.78 is 5.36. The average Bonchev–Trinajstić information content (AvgIpc) is 2.46. The van der Waals surface area contributed by atoms with Crippen LogP contribution in [0.4, 0.5) is 5.69 Å². The molecule has 0 aromatic heterocycles. The SMILES string of the molecule is CCN1C(=O)COc2ccc(C(O)CCCC(=O)O)cc21. The summed E-state index contributed by atoms with van der Waals surface area (Å²) in [5.41, 5.74) is 1.32. The number of hydrogen-bond acceptors (Lipinski definition) is 4. The molecule has 0 radical (unpaired) electrons. The third kappa shape index (κ3) is 3.52. The van der Waals surface area contributed by atoms with E-state index >= 15 is 0 Å². The van der Waals surface area contributed by atoms with E-state index in [2.05, 4.69) is 0 Å². The highest BCUT2D eigenvalue weighted by atomic mass is 16.5. The van der Waals surface area contributed by atoms with Crippen molar-refractivity contribution in [2.24, 2.45) is 0 Å². The van der Waals surface area contributed by atoms with Crippen molar-refractivity contribution in [1.29, 1.82) is 0 Å². The van der Waals surface area contributed by atoms with Crippen LogP contribution >= 0.6 is 0 Å². The molecular weight excluding hydrogens is 274 g/mol. The highest BCUT2D eigenvalue weighted by Crippen LogP contribution is 2.35. The molecule has 0 saturated heterocycles. The first kappa shape index (κ1) is 15.3. The number of likely N-dealkylation sites (N-methyl/N-ethyl adjacent to an activating group) is 1. The molecule has 0 fully saturated rings. The quantitative estimate of drug-likeness (QED) is 0.834. The predicted molar refractivity (Wildman–Crippen MR) is 76.4 cm³/mol. The molecular formula is C15H19NO5. The fraction of sp³-hybridized carbons (Fsp3) is 0.467. The Morgan fingerprint density at radius 2 is 2.24 bits per heavy atom. The second-order valence-electron chi connectivity index (χ2n) is 4.96. The molecule has 0 bridgehead atoms. The summed E-state index contributed by atoms with van der Waals surface area (Å²) in [6, 6.07) is 5.22. The van der Waals surface area contributed by atoms with Gasteiger partial charge in [0.1, 0.15) is 5.75 Å². The maximum Gasteiger partial charge on any atom is 0.303 e. The Hall–Kier alpha value is -2.08. The smallest absolute Gasteiger partial charge is 0.303 e. The molecule has 21 heavy (non-hydrogen) atoms. The lowest BCUT2D eigenvalue weighted by molar-refractivity contribution is -0.137. The summed E-state index contributed by atoms with van der Waals surface area (Å²) in [6.07, 6.45) is 0.0578. The molecule has 1 aromatic carbocycles. The first-order valence-corrected chi connectivity index (χ1v) is 7.00. The molecule has 1 aliphatic heterocycles. The van der Waals surface area contributed by atoms with Crippen molar-refractivity contribution >= 4 is 17.6 Å². The van der Waals surface area contributed by atoms with Gasteiger partial charge in [0, 0.05) is 13.0 Å². The largest absolute Gasteiger partial charge is 0.482 e. The van der Waals surface area contributed by atoms with Gasteiger partial charge in [-0.2, -0.15) is 0 Å². The number of aliphatic hydroxyl groups is 1. The zero-order valence-electron chi connectivity index (χ0n) is 11.9. The molecule has 1 aromatic rings. The van der Waals surface area contributed by atoms with Crippen LogP contribution in [0, 0.1) is 0 Å². The van der Waals surface area contributed by atoms with Crippen molar-refractivity contribution in [3.63, 3.8) is 0 Å². The monoisotopic (exact) mass is 293 g/mol. The Kier molecular flexibility index (Phi) is 4.80. The molecule has 1 amide bonds. The van der Waals surface area contributed by atoms with Gasteiger partial charge in [-0.15, -0.1) is 0 Å². The third-order valence-corrected chi connectivity index (χ3v) is 3.50. The lowest BCUT2D eigenvalue weighted by atomic mass is 10.0. The zero-order valence-corrected chi connectivity index (χ0v) is 11.9. The van der Waals surface area contributed by atoms with E-state index in [0.717, 1.165) is 0 Å². The van der Waals surface area contributed by atoms with Crippen molar-refractivity contribution in [2.75, 3.05) is 18.1 Å². The number of carboxylic acids is 1. The highest BCUT2D eigenvalue weighted by molar-refractivity contribution is 5.97. The van der Waals surface area contributed by atoms with Crippen molar-refractivity contribution in [1.82, 2.24) is 0 Å². The van der Waals surface area contributed by atoms with Gasteiger partial charge < -0.3 is 19.8 Å². The van der Waals surface area contributed by atoms with Crippen LogP contribution in [-0.4, -0.2) is 35.2 Å². The van der Waals surface area contributed by atoms with Gasteiger partial charge in [-0.05, 0) is 37.5 Å². The van der Waals surface area contributed by atoms with E-state index in [1.807, 2.05) is 6.92 Å². The Bertz CT molecular complexity index is 543. The maximum atomic E-state index is 11.8. The van der Waals surface area contributed by atoms with Crippen LogP contribution in [-0.2, 0) is 9.59 Å². The number of benzene rings is 1. The number of fused-ring (bicyclic) bond motifs is 1. The van der Waals surface area contributed by atoms with Crippen molar-refractivity contribution in [3.8, 4) is 5.75 Å². The number of amides is 1. The molecule has 114 valence electrons. The van der Waals surface area contributed by atoms with E-state index in [1.54, 1.807) is 23.1 Å². The predicted octanol–water partition coefficient (Wildman–Crippen LogP) is 1.72. The topological polar surface area (TPSA) is 87.1 Å². The summed E-state index contributed by atoms with van der Waals surface area (Å²) in [5.74, 6) is -0.357. The molecule has 1 unspecified atom stereocenters. The summed E-state index contributed by atoms with van der Waals surface area (Å²) in [6.45, 7) is 2.44. The molecule has 0 aliphatic carbocycles. The van der Waals surface area contributed by atoms with Crippen LogP contribution in [0.5, 0.6) is 5.75 Å². The minimum Gasteiger partial charge on any atom is -0.482 e. The molecule has 1 atom stereocenters. The summed E-state index contributed by atoms with van der Waals surface area (Å²) in [4.78, 5) is 23.9. The van der Waals surface area contributed by atoms with E-state index in [0.29, 0.717) is 36.4 Å². The van der Waals surface area contributed by atoms with Gasteiger partial charge in [0.15, 0.2) is 6.61 Å². The van der Waals surface area contributed by atoms with Crippen LogP contribution in [0.3, 0.4) is 0 Å². The number of ether oxygens (including phenoxy) is 1.